The fourth-order valence-corrected chi connectivity index (χ4v) is 0.405. The molecule has 2 N–H and O–H groups in total. The van der Waals surface area contributed by atoms with Gasteiger partial charge < -0.3 is 0 Å². The fraction of sp³-hybridized carbons (Fsp3) is 0.400. The summed E-state index contributed by atoms with van der Waals surface area (Å²) in [6, 6.07) is 0. The van der Waals surface area contributed by atoms with Gasteiger partial charge in [0.15, 0.2) is 0 Å². The lowest BCUT2D eigenvalue weighted by Gasteiger charge is -2.01. The molecule has 0 aliphatic heterocycles. The molecule has 0 bridgehead atoms. The Morgan fingerprint density at radius 3 is 2.67 bits per heavy atom. The van der Waals surface area contributed by atoms with E-state index < -0.39 is 0 Å². The summed E-state index contributed by atoms with van der Waals surface area (Å²) in [6.45, 7) is 5.53. The number of halogens is 1. The highest BCUT2D eigenvalue weighted by atomic mass is 79.9. The lowest BCUT2D eigenvalue weighted by molar-refractivity contribution is -0.119. The van der Waals surface area contributed by atoms with Gasteiger partial charge >= 0.3 is 0 Å². The summed E-state index contributed by atoms with van der Waals surface area (Å²) in [4.78, 5) is 10.2. The Kier molecular flexibility index (Phi) is 4.35. The number of hydrogen-bond donors (Lipinski definition) is 2. The molecule has 0 aromatic heterocycles. The van der Waals surface area contributed by atoms with Crippen LogP contribution in [0.1, 0.15) is 6.92 Å². The predicted octanol–water partition coefficient (Wildman–Crippen LogP) is 0.536. The SMILES string of the molecule is C=C(Br)CNNC(C)=O. The number of carbonyl (C=O) groups is 1. The van der Waals surface area contributed by atoms with Gasteiger partial charge in [0.25, 0.3) is 0 Å². The van der Waals surface area contributed by atoms with Gasteiger partial charge in [0.05, 0.1) is 0 Å². The molecule has 0 rings (SSSR count). The molecule has 0 radical (unpaired) electrons. The van der Waals surface area contributed by atoms with Crippen LogP contribution >= 0.6 is 15.9 Å². The molecule has 52 valence electrons. The largest absolute Gasteiger partial charge is 0.291 e. The lowest BCUT2D eigenvalue weighted by Crippen LogP contribution is -2.36. The molecule has 3 nitrogen and oxygen atoms in total. The van der Waals surface area contributed by atoms with E-state index in [2.05, 4.69) is 33.4 Å². The van der Waals surface area contributed by atoms with Crippen molar-refractivity contribution >= 4 is 21.8 Å². The van der Waals surface area contributed by atoms with Crippen molar-refractivity contribution in [3.05, 3.63) is 11.1 Å². The average Bonchev–Trinajstić information content (AvgIpc) is 1.63. The molecule has 0 fully saturated rings. The molecule has 0 aromatic rings. The summed E-state index contributed by atoms with van der Waals surface area (Å²) < 4.78 is 0.802. The Balaban J connectivity index is 3.10. The van der Waals surface area contributed by atoms with Crippen LogP contribution in [0.25, 0.3) is 0 Å². The maximum absolute atomic E-state index is 10.2. The number of amides is 1. The van der Waals surface area contributed by atoms with E-state index >= 15 is 0 Å². The van der Waals surface area contributed by atoms with Crippen LogP contribution in [0.5, 0.6) is 0 Å². The first kappa shape index (κ1) is 8.65. The van der Waals surface area contributed by atoms with Gasteiger partial charge in [0, 0.05) is 18.0 Å². The monoisotopic (exact) mass is 192 g/mol. The minimum Gasteiger partial charge on any atom is -0.291 e. The summed E-state index contributed by atoms with van der Waals surface area (Å²) in [5.74, 6) is -0.108. The molecular formula is C5H9BrN2O. The van der Waals surface area contributed by atoms with Crippen molar-refractivity contribution in [2.75, 3.05) is 6.54 Å². The molecule has 0 aromatic carbocycles. The van der Waals surface area contributed by atoms with E-state index in [0.717, 1.165) is 4.48 Å². The van der Waals surface area contributed by atoms with Crippen LogP contribution in [-0.4, -0.2) is 12.5 Å². The van der Waals surface area contributed by atoms with Crippen LogP contribution in [-0.2, 0) is 4.79 Å². The third-order valence-corrected chi connectivity index (χ3v) is 0.825. The van der Waals surface area contributed by atoms with Crippen LogP contribution in [0.4, 0.5) is 0 Å². The quantitative estimate of drug-likeness (QED) is 0.642. The van der Waals surface area contributed by atoms with Crippen molar-refractivity contribution in [3.63, 3.8) is 0 Å². The highest BCUT2D eigenvalue weighted by Gasteiger charge is 1.87. The maximum atomic E-state index is 10.2. The second-order valence-corrected chi connectivity index (χ2v) is 2.67. The van der Waals surface area contributed by atoms with E-state index in [1.54, 1.807) is 0 Å². The normalized spacial score (nSPS) is 8.67. The Hall–Kier alpha value is -0.350. The molecule has 4 heteroatoms. The van der Waals surface area contributed by atoms with Crippen LogP contribution in [0.15, 0.2) is 11.1 Å². The molecule has 0 atom stereocenters. The third-order valence-electron chi connectivity index (χ3n) is 0.545. The van der Waals surface area contributed by atoms with Gasteiger partial charge in [-0.2, -0.15) is 0 Å². The van der Waals surface area contributed by atoms with E-state index in [9.17, 15) is 4.79 Å². The summed E-state index contributed by atoms with van der Waals surface area (Å²) in [5, 5.41) is 0. The molecule has 0 aliphatic carbocycles. The zero-order valence-corrected chi connectivity index (χ0v) is 6.79. The number of nitrogens with one attached hydrogen (secondary N) is 2. The highest BCUT2D eigenvalue weighted by molar-refractivity contribution is 9.11. The predicted molar refractivity (Wildman–Crippen MR) is 39.9 cm³/mol. The van der Waals surface area contributed by atoms with Gasteiger partial charge in [0.1, 0.15) is 0 Å². The minimum atomic E-state index is -0.108. The zero-order valence-electron chi connectivity index (χ0n) is 5.20. The molecule has 1 amide bonds. The van der Waals surface area contributed by atoms with Gasteiger partial charge in [-0.05, 0) is 0 Å². The molecule has 0 unspecified atom stereocenters. The second kappa shape index (κ2) is 4.52. The van der Waals surface area contributed by atoms with Crippen LogP contribution in [0.3, 0.4) is 0 Å². The first-order valence-electron chi connectivity index (χ1n) is 2.45. The van der Waals surface area contributed by atoms with Gasteiger partial charge in [-0.25, -0.2) is 5.43 Å². The highest BCUT2D eigenvalue weighted by Crippen LogP contribution is 1.94. The van der Waals surface area contributed by atoms with Crippen LogP contribution in [0, 0.1) is 0 Å². The van der Waals surface area contributed by atoms with Crippen molar-refractivity contribution < 1.29 is 4.79 Å². The van der Waals surface area contributed by atoms with Gasteiger partial charge in [-0.15, -0.1) is 0 Å². The third kappa shape index (κ3) is 7.65. The number of carbonyl (C=O) groups excluding carboxylic acids is 1. The molecule has 9 heavy (non-hydrogen) atoms. The molecule has 0 heterocycles. The number of hydrogen-bond acceptors (Lipinski definition) is 2. The fourth-order valence-electron chi connectivity index (χ4n) is 0.265. The summed E-state index contributed by atoms with van der Waals surface area (Å²) >= 11 is 3.12. The van der Waals surface area contributed by atoms with Gasteiger partial charge in [-0.1, -0.05) is 22.5 Å². The summed E-state index contributed by atoms with van der Waals surface area (Å²) in [6.07, 6.45) is 0. The standard InChI is InChI=1S/C5H9BrN2O/c1-4(6)3-7-8-5(2)9/h7H,1,3H2,2H3,(H,8,9). The van der Waals surface area contributed by atoms with Crippen LogP contribution < -0.4 is 10.9 Å². The van der Waals surface area contributed by atoms with E-state index in [-0.39, 0.29) is 5.91 Å². The van der Waals surface area contributed by atoms with Crippen molar-refractivity contribution in [1.82, 2.24) is 10.9 Å². The van der Waals surface area contributed by atoms with Crippen molar-refractivity contribution in [1.29, 1.82) is 0 Å². The smallest absolute Gasteiger partial charge is 0.230 e. The van der Waals surface area contributed by atoms with Gasteiger partial charge in [-0.3, -0.25) is 10.2 Å². The van der Waals surface area contributed by atoms with E-state index in [1.165, 1.54) is 6.92 Å². The van der Waals surface area contributed by atoms with E-state index in [1.807, 2.05) is 0 Å². The van der Waals surface area contributed by atoms with Gasteiger partial charge in [0.2, 0.25) is 5.91 Å². The van der Waals surface area contributed by atoms with Crippen molar-refractivity contribution in [3.8, 4) is 0 Å². The van der Waals surface area contributed by atoms with Crippen molar-refractivity contribution in [2.45, 2.75) is 6.92 Å². The Morgan fingerprint density at radius 1 is 1.78 bits per heavy atom. The van der Waals surface area contributed by atoms with Crippen molar-refractivity contribution in [2.24, 2.45) is 0 Å². The molecule has 0 spiro atoms. The number of hydrazine groups is 1. The van der Waals surface area contributed by atoms with E-state index in [0.29, 0.717) is 6.54 Å². The summed E-state index contributed by atoms with van der Waals surface area (Å²) in [5.41, 5.74) is 5.04. The van der Waals surface area contributed by atoms with E-state index in [4.69, 9.17) is 0 Å². The topological polar surface area (TPSA) is 41.1 Å². The Bertz CT molecular complexity index is 110. The molecular weight excluding hydrogens is 184 g/mol. The summed E-state index contributed by atoms with van der Waals surface area (Å²) in [7, 11) is 0. The lowest BCUT2D eigenvalue weighted by atomic mass is 10.6. The maximum Gasteiger partial charge on any atom is 0.230 e. The second-order valence-electron chi connectivity index (χ2n) is 1.55. The minimum absolute atomic E-state index is 0.108. The molecule has 0 saturated carbocycles. The van der Waals surface area contributed by atoms with Crippen LogP contribution in [0.2, 0.25) is 0 Å². The zero-order chi connectivity index (χ0) is 7.28. The first-order chi connectivity index (χ1) is 4.13. The average molecular weight is 193 g/mol. The molecule has 0 saturated heterocycles. The first-order valence-corrected chi connectivity index (χ1v) is 3.25. The Labute approximate surface area is 62.6 Å². The Morgan fingerprint density at radius 2 is 2.33 bits per heavy atom. The molecule has 0 aliphatic rings. The number of rotatable bonds is 3.